The molecule has 0 radical (unpaired) electrons. The normalized spacial score (nSPS) is 19.3. The molecule has 32 heavy (non-hydrogen) atoms. The Morgan fingerprint density at radius 2 is 2.00 bits per heavy atom. The zero-order chi connectivity index (χ0) is 23.3. The van der Waals surface area contributed by atoms with Crippen molar-refractivity contribution in [2.45, 2.75) is 50.3 Å². The van der Waals surface area contributed by atoms with Crippen molar-refractivity contribution >= 4 is 15.9 Å². The van der Waals surface area contributed by atoms with Gasteiger partial charge in [0.25, 0.3) is 0 Å². The second kappa shape index (κ2) is 10.4. The first-order valence-corrected chi connectivity index (χ1v) is 11.9. The molecule has 1 saturated heterocycles. The summed E-state index contributed by atoms with van der Waals surface area (Å²) in [5, 5.41) is 2.66. The van der Waals surface area contributed by atoms with Gasteiger partial charge < -0.3 is 10.1 Å². The van der Waals surface area contributed by atoms with Crippen molar-refractivity contribution in [2.24, 2.45) is 5.92 Å². The quantitative estimate of drug-likeness (QED) is 0.612. The van der Waals surface area contributed by atoms with Crippen LogP contribution in [0.5, 0.6) is 5.75 Å². The molecule has 2 heterocycles. The zero-order valence-corrected chi connectivity index (χ0v) is 18.8. The fraction of sp³-hybridized carbons (Fsp3) is 0.455. The number of carbonyl (C=O) groups is 1. The molecule has 1 N–H and O–H groups in total. The van der Waals surface area contributed by atoms with E-state index in [0.717, 1.165) is 35.0 Å². The van der Waals surface area contributed by atoms with Gasteiger partial charge in [0.05, 0.1) is 17.7 Å². The lowest BCUT2D eigenvalue weighted by atomic mass is 10.1. The molecule has 1 aliphatic rings. The van der Waals surface area contributed by atoms with E-state index in [1.807, 2.05) is 0 Å². The van der Waals surface area contributed by atoms with Crippen LogP contribution < -0.4 is 10.1 Å². The highest BCUT2D eigenvalue weighted by Crippen LogP contribution is 2.28. The Hall–Kier alpha value is -2.59. The van der Waals surface area contributed by atoms with Gasteiger partial charge in [-0.15, -0.1) is 0 Å². The first-order valence-electron chi connectivity index (χ1n) is 10.4. The van der Waals surface area contributed by atoms with Crippen molar-refractivity contribution in [3.8, 4) is 5.75 Å². The molecule has 0 spiro atoms. The van der Waals surface area contributed by atoms with Gasteiger partial charge in [-0.2, -0.15) is 4.31 Å². The van der Waals surface area contributed by atoms with E-state index in [9.17, 15) is 22.0 Å². The van der Waals surface area contributed by atoms with Gasteiger partial charge in [-0.05, 0) is 48.2 Å². The van der Waals surface area contributed by atoms with Gasteiger partial charge in [0.2, 0.25) is 15.9 Å². The van der Waals surface area contributed by atoms with Crippen LogP contribution >= 0.6 is 0 Å². The molecule has 7 nitrogen and oxygen atoms in total. The monoisotopic (exact) mass is 467 g/mol. The van der Waals surface area contributed by atoms with Gasteiger partial charge in [-0.25, -0.2) is 17.2 Å². The van der Waals surface area contributed by atoms with Gasteiger partial charge in [0, 0.05) is 25.7 Å². The molecule has 1 aromatic heterocycles. The Bertz CT molecular complexity index is 1030. The summed E-state index contributed by atoms with van der Waals surface area (Å²) in [6.45, 7) is 4.39. The molecule has 3 rings (SSSR count). The number of rotatable bonds is 9. The number of nitrogens with one attached hydrogen (secondary N) is 1. The minimum atomic E-state index is -4.16. The van der Waals surface area contributed by atoms with Crippen LogP contribution in [0, 0.1) is 11.7 Å². The van der Waals surface area contributed by atoms with Crippen LogP contribution in [0.3, 0.4) is 0 Å². The minimum absolute atomic E-state index is 0.0884. The molecule has 1 aromatic carbocycles. The average Bonchev–Trinajstić information content (AvgIpc) is 3.15. The van der Waals surface area contributed by atoms with E-state index in [0.29, 0.717) is 23.8 Å². The SMILES string of the molecule is CC(C)CCOc1cncc(CNC(=O)[C@@H]2C[C@@H](F)CN2S(=O)(=O)c2ccc(F)cc2)c1. The van der Waals surface area contributed by atoms with E-state index in [1.54, 1.807) is 18.5 Å². The number of sulfonamides is 1. The number of carbonyl (C=O) groups excluding carboxylic acids is 1. The topological polar surface area (TPSA) is 88.6 Å². The summed E-state index contributed by atoms with van der Waals surface area (Å²) in [6, 6.07) is 4.76. The lowest BCUT2D eigenvalue weighted by molar-refractivity contribution is -0.124. The third-order valence-corrected chi connectivity index (χ3v) is 7.02. The van der Waals surface area contributed by atoms with Gasteiger partial charge >= 0.3 is 0 Å². The van der Waals surface area contributed by atoms with Crippen molar-refractivity contribution in [3.63, 3.8) is 0 Å². The van der Waals surface area contributed by atoms with Gasteiger partial charge in [0.15, 0.2) is 0 Å². The maximum atomic E-state index is 14.1. The fourth-order valence-corrected chi connectivity index (χ4v) is 4.99. The van der Waals surface area contributed by atoms with Gasteiger partial charge in [0.1, 0.15) is 23.8 Å². The number of aromatic nitrogens is 1. The summed E-state index contributed by atoms with van der Waals surface area (Å²) in [5.74, 6) is -0.123. The van der Waals surface area contributed by atoms with E-state index >= 15 is 0 Å². The molecule has 0 bridgehead atoms. The average molecular weight is 468 g/mol. The number of nitrogens with zero attached hydrogens (tertiary/aromatic N) is 2. The maximum Gasteiger partial charge on any atom is 0.243 e. The molecule has 0 aliphatic carbocycles. The number of pyridine rings is 1. The molecular weight excluding hydrogens is 440 g/mol. The Labute approximate surface area is 186 Å². The van der Waals surface area contributed by atoms with Crippen molar-refractivity contribution in [2.75, 3.05) is 13.2 Å². The first-order chi connectivity index (χ1) is 15.2. The second-order valence-electron chi connectivity index (χ2n) is 8.16. The highest BCUT2D eigenvalue weighted by atomic mass is 32.2. The highest BCUT2D eigenvalue weighted by Gasteiger charge is 2.44. The van der Waals surface area contributed by atoms with Crippen LogP contribution in [0.25, 0.3) is 0 Å². The fourth-order valence-electron chi connectivity index (χ4n) is 3.36. The highest BCUT2D eigenvalue weighted by molar-refractivity contribution is 7.89. The summed E-state index contributed by atoms with van der Waals surface area (Å²) < 4.78 is 59.6. The number of alkyl halides is 1. The minimum Gasteiger partial charge on any atom is -0.492 e. The van der Waals surface area contributed by atoms with Crippen molar-refractivity contribution in [1.82, 2.24) is 14.6 Å². The molecule has 0 unspecified atom stereocenters. The number of hydrogen-bond donors (Lipinski definition) is 1. The molecule has 1 amide bonds. The van der Waals surface area contributed by atoms with Crippen LogP contribution in [-0.2, 0) is 21.4 Å². The van der Waals surface area contributed by atoms with E-state index in [-0.39, 0.29) is 17.9 Å². The Balaban J connectivity index is 1.65. The molecule has 174 valence electrons. The summed E-state index contributed by atoms with van der Waals surface area (Å²) in [5.41, 5.74) is 0.670. The number of halogens is 2. The van der Waals surface area contributed by atoms with E-state index in [2.05, 4.69) is 24.1 Å². The first kappa shape index (κ1) is 24.1. The number of amides is 1. The molecule has 10 heteroatoms. The standard InChI is InChI=1S/C22H27F2N3O4S/c1-15(2)7-8-31-19-9-16(11-25-13-19)12-26-22(28)21-10-18(24)14-27(21)32(29,30)20-5-3-17(23)4-6-20/h3-6,9,11,13,15,18,21H,7-8,10,12,14H2,1-2H3,(H,26,28)/t18-,21+/m1/s1. The molecule has 1 fully saturated rings. The van der Waals surface area contributed by atoms with Crippen molar-refractivity contribution in [3.05, 3.63) is 54.1 Å². The summed E-state index contributed by atoms with van der Waals surface area (Å²) >= 11 is 0. The zero-order valence-electron chi connectivity index (χ0n) is 18.0. The largest absolute Gasteiger partial charge is 0.492 e. The number of benzene rings is 1. The lowest BCUT2D eigenvalue weighted by Crippen LogP contribution is -2.45. The van der Waals surface area contributed by atoms with Crippen LogP contribution in [-0.4, -0.2) is 49.0 Å². The Morgan fingerprint density at radius 1 is 1.28 bits per heavy atom. The predicted molar refractivity (Wildman–Crippen MR) is 115 cm³/mol. The molecule has 1 aliphatic heterocycles. The molecule has 0 saturated carbocycles. The Morgan fingerprint density at radius 3 is 2.69 bits per heavy atom. The number of ether oxygens (including phenoxy) is 1. The van der Waals surface area contributed by atoms with Crippen molar-refractivity contribution in [1.29, 1.82) is 0 Å². The summed E-state index contributed by atoms with van der Waals surface area (Å²) in [7, 11) is -4.16. The smallest absolute Gasteiger partial charge is 0.243 e. The second-order valence-corrected chi connectivity index (χ2v) is 10.0. The Kier molecular flexibility index (Phi) is 7.78. The predicted octanol–water partition coefficient (Wildman–Crippen LogP) is 3.06. The summed E-state index contributed by atoms with van der Waals surface area (Å²) in [6.07, 6.45) is 2.32. The third-order valence-electron chi connectivity index (χ3n) is 5.13. The molecule has 2 aromatic rings. The van der Waals surface area contributed by atoms with Gasteiger partial charge in [-0.1, -0.05) is 13.8 Å². The van der Waals surface area contributed by atoms with E-state index < -0.39 is 40.5 Å². The van der Waals surface area contributed by atoms with E-state index in [4.69, 9.17) is 4.74 Å². The lowest BCUT2D eigenvalue weighted by Gasteiger charge is -2.23. The summed E-state index contributed by atoms with van der Waals surface area (Å²) in [4.78, 5) is 16.6. The maximum absolute atomic E-state index is 14.1. The van der Waals surface area contributed by atoms with E-state index in [1.165, 1.54) is 0 Å². The molecular formula is C22H27F2N3O4S. The van der Waals surface area contributed by atoms with Crippen LogP contribution in [0.1, 0.15) is 32.3 Å². The third kappa shape index (κ3) is 6.01. The molecule has 2 atom stereocenters. The van der Waals surface area contributed by atoms with Gasteiger partial charge in [-0.3, -0.25) is 9.78 Å². The van der Waals surface area contributed by atoms with Crippen LogP contribution in [0.2, 0.25) is 0 Å². The van der Waals surface area contributed by atoms with Crippen LogP contribution in [0.15, 0.2) is 47.6 Å². The van der Waals surface area contributed by atoms with Crippen molar-refractivity contribution < 1.29 is 26.7 Å². The van der Waals surface area contributed by atoms with Crippen LogP contribution in [0.4, 0.5) is 8.78 Å². The number of hydrogen-bond acceptors (Lipinski definition) is 5.